The molecule has 0 atom stereocenters. The van der Waals surface area contributed by atoms with Crippen molar-refractivity contribution >= 4 is 11.6 Å². The third kappa shape index (κ3) is 0.739. The summed E-state index contributed by atoms with van der Waals surface area (Å²) in [4.78, 5) is 25.5. The van der Waals surface area contributed by atoms with E-state index < -0.39 is 0 Å². The van der Waals surface area contributed by atoms with Crippen molar-refractivity contribution in [3.63, 3.8) is 0 Å². The van der Waals surface area contributed by atoms with Crippen molar-refractivity contribution in [2.24, 2.45) is 0 Å². The minimum atomic E-state index is -0.286. The molecular weight excluding hydrogens is 146 g/mol. The molecule has 0 amide bonds. The van der Waals surface area contributed by atoms with Gasteiger partial charge in [0.15, 0.2) is 17.3 Å². The summed E-state index contributed by atoms with van der Waals surface area (Å²) in [5, 5.41) is 6.91. The Morgan fingerprint density at radius 1 is 1.18 bits per heavy atom. The fourth-order valence-electron chi connectivity index (χ4n) is 0.981. The van der Waals surface area contributed by atoms with Crippen LogP contribution in [0, 0.1) is 0 Å². The number of nitrogens with zero attached hydrogens (tertiary/aromatic N) is 3. The van der Waals surface area contributed by atoms with Crippen LogP contribution in [0.2, 0.25) is 0 Å². The molecule has 1 aliphatic rings. The van der Waals surface area contributed by atoms with Crippen LogP contribution in [-0.4, -0.2) is 26.7 Å². The second kappa shape index (κ2) is 1.91. The van der Waals surface area contributed by atoms with Crippen LogP contribution in [0.5, 0.6) is 0 Å². The van der Waals surface area contributed by atoms with Crippen LogP contribution in [0.1, 0.15) is 27.4 Å². The van der Waals surface area contributed by atoms with Crippen LogP contribution in [-0.2, 0) is 0 Å². The quantitative estimate of drug-likeness (QED) is 0.471. The number of aromatic nitrogens is 3. The second-order valence-electron chi connectivity index (χ2n) is 2.18. The predicted molar refractivity (Wildman–Crippen MR) is 33.1 cm³/mol. The lowest BCUT2D eigenvalue weighted by Crippen LogP contribution is -1.99. The maximum Gasteiger partial charge on any atom is 0.193 e. The number of ketones is 2. The first-order chi connectivity index (χ1) is 5.29. The molecule has 54 valence electrons. The van der Waals surface area contributed by atoms with Gasteiger partial charge in [0.25, 0.3) is 0 Å². The minimum absolute atomic E-state index is 0.109. The Bertz CT molecular complexity index is 314. The number of Topliss-reactive ketones (excluding diaryl/α,β-unsaturated/α-hetero) is 2. The van der Waals surface area contributed by atoms with Gasteiger partial charge in [-0.15, -0.1) is 10.2 Å². The fourth-order valence-corrected chi connectivity index (χ4v) is 0.981. The van der Waals surface area contributed by atoms with Crippen LogP contribution >= 0.6 is 0 Å². The van der Waals surface area contributed by atoms with E-state index in [0.717, 1.165) is 6.33 Å². The van der Waals surface area contributed by atoms with Gasteiger partial charge in [-0.25, -0.2) is 4.98 Å². The van der Waals surface area contributed by atoms with Crippen molar-refractivity contribution in [2.75, 3.05) is 0 Å². The molecule has 11 heavy (non-hydrogen) atoms. The van der Waals surface area contributed by atoms with E-state index in [1.807, 2.05) is 0 Å². The van der Waals surface area contributed by atoms with Crippen molar-refractivity contribution in [1.29, 1.82) is 0 Å². The average molecular weight is 149 g/mol. The lowest BCUT2D eigenvalue weighted by molar-refractivity contribution is 0.0920. The first-order valence-electron chi connectivity index (χ1n) is 3.03. The van der Waals surface area contributed by atoms with E-state index in [1.54, 1.807) is 0 Å². The minimum Gasteiger partial charge on any atom is -0.292 e. The Morgan fingerprint density at radius 3 is 2.64 bits per heavy atom. The summed E-state index contributed by atoms with van der Waals surface area (Å²) >= 11 is 0. The first-order valence-corrected chi connectivity index (χ1v) is 3.03. The lowest BCUT2D eigenvalue weighted by Gasteiger charge is -1.87. The molecule has 1 aromatic rings. The molecule has 1 heterocycles. The van der Waals surface area contributed by atoms with Gasteiger partial charge >= 0.3 is 0 Å². The Labute approximate surface area is 61.5 Å². The van der Waals surface area contributed by atoms with E-state index in [0.29, 0.717) is 0 Å². The molecule has 0 aromatic carbocycles. The molecule has 0 bridgehead atoms. The molecule has 0 unspecified atom stereocenters. The molecule has 5 nitrogen and oxygen atoms in total. The smallest absolute Gasteiger partial charge is 0.193 e. The fraction of sp³-hybridized carbons (Fsp3) is 0.167. The van der Waals surface area contributed by atoms with Gasteiger partial charge < -0.3 is 0 Å². The molecule has 0 N–H and O–H groups in total. The molecule has 0 radical (unpaired) electrons. The Hall–Kier alpha value is -1.65. The summed E-state index contributed by atoms with van der Waals surface area (Å²) in [6, 6.07) is 0. The normalized spacial score (nSPS) is 15.3. The summed E-state index contributed by atoms with van der Waals surface area (Å²) in [5.74, 6) is -0.550. The predicted octanol–water partition coefficient (Wildman–Crippen LogP) is -0.359. The Kier molecular flexibility index (Phi) is 1.06. The van der Waals surface area contributed by atoms with E-state index in [-0.39, 0.29) is 29.4 Å². The van der Waals surface area contributed by atoms with Gasteiger partial charge in [-0.05, 0) is 0 Å². The monoisotopic (exact) mass is 149 g/mol. The highest BCUT2D eigenvalue weighted by Crippen LogP contribution is 2.15. The highest BCUT2D eigenvalue weighted by atomic mass is 16.2. The lowest BCUT2D eigenvalue weighted by atomic mass is 10.3. The first kappa shape index (κ1) is 6.09. The van der Waals surface area contributed by atoms with E-state index >= 15 is 0 Å². The summed E-state index contributed by atoms with van der Waals surface area (Å²) in [6.45, 7) is 0. The molecule has 0 spiro atoms. The summed E-state index contributed by atoms with van der Waals surface area (Å²) in [7, 11) is 0. The zero-order chi connectivity index (χ0) is 7.84. The van der Waals surface area contributed by atoms with Gasteiger partial charge in [-0.2, -0.15) is 0 Å². The zero-order valence-corrected chi connectivity index (χ0v) is 5.44. The molecule has 1 aliphatic carbocycles. The third-order valence-electron chi connectivity index (χ3n) is 1.47. The van der Waals surface area contributed by atoms with E-state index in [2.05, 4.69) is 15.2 Å². The van der Waals surface area contributed by atoms with Crippen LogP contribution < -0.4 is 0 Å². The van der Waals surface area contributed by atoms with E-state index in [4.69, 9.17) is 0 Å². The van der Waals surface area contributed by atoms with E-state index in [9.17, 15) is 9.59 Å². The summed E-state index contributed by atoms with van der Waals surface area (Å²) in [5.41, 5.74) is 0.266. The molecule has 0 saturated heterocycles. The van der Waals surface area contributed by atoms with Gasteiger partial charge in [0.05, 0.1) is 6.42 Å². The van der Waals surface area contributed by atoms with E-state index in [1.165, 1.54) is 0 Å². The molecule has 2 rings (SSSR count). The Morgan fingerprint density at radius 2 is 1.91 bits per heavy atom. The number of carbonyl (C=O) groups excluding carboxylic acids is 2. The van der Waals surface area contributed by atoms with Crippen LogP contribution in [0.4, 0.5) is 0 Å². The largest absolute Gasteiger partial charge is 0.292 e. The number of hydrogen-bond acceptors (Lipinski definition) is 5. The zero-order valence-electron chi connectivity index (χ0n) is 5.44. The number of hydrogen-bond donors (Lipinski definition) is 0. The van der Waals surface area contributed by atoms with Crippen molar-refractivity contribution < 1.29 is 9.59 Å². The van der Waals surface area contributed by atoms with Gasteiger partial charge in [0.1, 0.15) is 12.0 Å². The van der Waals surface area contributed by atoms with Crippen molar-refractivity contribution in [1.82, 2.24) is 15.2 Å². The van der Waals surface area contributed by atoms with Crippen LogP contribution in [0.15, 0.2) is 6.33 Å². The van der Waals surface area contributed by atoms with Gasteiger partial charge in [0, 0.05) is 0 Å². The topological polar surface area (TPSA) is 72.8 Å². The van der Waals surface area contributed by atoms with Crippen LogP contribution in [0.3, 0.4) is 0 Å². The molecule has 5 heteroatoms. The molecule has 0 fully saturated rings. The highest BCUT2D eigenvalue weighted by Gasteiger charge is 2.30. The highest BCUT2D eigenvalue weighted by molar-refractivity contribution is 6.22. The number of fused-ring (bicyclic) bond motifs is 1. The standard InChI is InChI=1S/C6H3N3O2/c10-3-1-4(11)6-5(3)7-2-8-9-6/h2H,1H2. The van der Waals surface area contributed by atoms with Crippen molar-refractivity contribution in [3.8, 4) is 0 Å². The summed E-state index contributed by atoms with van der Waals surface area (Å²) < 4.78 is 0. The third-order valence-corrected chi connectivity index (χ3v) is 1.47. The number of carbonyl (C=O) groups is 2. The molecular formula is C6H3N3O2. The van der Waals surface area contributed by atoms with Crippen LogP contribution in [0.25, 0.3) is 0 Å². The molecule has 1 aromatic heterocycles. The van der Waals surface area contributed by atoms with Gasteiger partial charge in [-0.1, -0.05) is 0 Å². The maximum absolute atomic E-state index is 10.9. The Balaban J connectivity index is 2.69. The van der Waals surface area contributed by atoms with Crippen molar-refractivity contribution in [2.45, 2.75) is 6.42 Å². The maximum atomic E-state index is 10.9. The number of rotatable bonds is 0. The van der Waals surface area contributed by atoms with Gasteiger partial charge in [0.2, 0.25) is 0 Å². The molecule has 0 aliphatic heterocycles. The second-order valence-corrected chi connectivity index (χ2v) is 2.18. The SMILES string of the molecule is O=C1CC(=O)c2nncnc21. The van der Waals surface area contributed by atoms with Gasteiger partial charge in [-0.3, -0.25) is 9.59 Å². The van der Waals surface area contributed by atoms with Crippen molar-refractivity contribution in [3.05, 3.63) is 17.7 Å². The average Bonchev–Trinajstić information content (AvgIpc) is 2.30. The summed E-state index contributed by atoms with van der Waals surface area (Å²) in [6.07, 6.45) is 1.05. The molecule has 0 saturated carbocycles.